The van der Waals surface area contributed by atoms with Gasteiger partial charge in [-0.1, -0.05) is 37.0 Å². The number of rotatable bonds is 5. The first-order valence-corrected chi connectivity index (χ1v) is 9.58. The van der Waals surface area contributed by atoms with Crippen molar-refractivity contribution in [1.29, 1.82) is 0 Å². The molecule has 0 spiro atoms. The average molecular weight is 420 g/mol. The third-order valence-electron chi connectivity index (χ3n) is 3.45. The number of imidazole rings is 1. The van der Waals surface area contributed by atoms with Crippen LogP contribution in [-0.4, -0.2) is 18.0 Å². The van der Waals surface area contributed by atoms with Crippen molar-refractivity contribution in [1.82, 2.24) is 9.55 Å². The van der Waals surface area contributed by atoms with Crippen molar-refractivity contribution in [2.24, 2.45) is 24.2 Å². The Balaban J connectivity index is 2.63. The van der Waals surface area contributed by atoms with Crippen molar-refractivity contribution in [3.8, 4) is 5.75 Å². The van der Waals surface area contributed by atoms with Gasteiger partial charge in [-0.15, -0.1) is 0 Å². The van der Waals surface area contributed by atoms with Crippen LogP contribution < -0.4 is 21.4 Å². The highest BCUT2D eigenvalue weighted by Crippen LogP contribution is 2.30. The molecule has 0 fully saturated rings. The van der Waals surface area contributed by atoms with Crippen LogP contribution >= 0.6 is 23.2 Å². The minimum absolute atomic E-state index is 0.0261. The number of hydrogen-bond donors (Lipinski definition) is 3. The lowest BCUT2D eigenvalue weighted by Crippen LogP contribution is -2.20. The van der Waals surface area contributed by atoms with Gasteiger partial charge in [0.25, 0.3) is 0 Å². The molecule has 2 aromatic rings. The molecule has 11 heteroatoms. The summed E-state index contributed by atoms with van der Waals surface area (Å²) >= 11 is 11.8. The predicted octanol–water partition coefficient (Wildman–Crippen LogP) is 2.12. The topological polar surface area (TPSA) is 139 Å². The van der Waals surface area contributed by atoms with Crippen molar-refractivity contribution >= 4 is 39.0 Å². The highest BCUT2D eigenvalue weighted by atomic mass is 35.5. The van der Waals surface area contributed by atoms with E-state index in [2.05, 4.69) is 4.98 Å². The Labute approximate surface area is 161 Å². The van der Waals surface area contributed by atoms with Crippen molar-refractivity contribution < 1.29 is 12.6 Å². The maximum Gasteiger partial charge on any atom is 0.357 e. The molecular weight excluding hydrogens is 401 g/mol. The highest BCUT2D eigenvalue weighted by Gasteiger charge is 2.31. The van der Waals surface area contributed by atoms with E-state index in [0.717, 1.165) is 0 Å². The summed E-state index contributed by atoms with van der Waals surface area (Å²) in [6.07, 6.45) is 0. The van der Waals surface area contributed by atoms with Gasteiger partial charge < -0.3 is 26.0 Å². The van der Waals surface area contributed by atoms with Gasteiger partial charge in [-0.05, 0) is 12.0 Å². The summed E-state index contributed by atoms with van der Waals surface area (Å²) < 4.78 is 32.2. The normalized spacial score (nSPS) is 11.6. The van der Waals surface area contributed by atoms with E-state index in [4.69, 9.17) is 44.6 Å². The van der Waals surface area contributed by atoms with Crippen LogP contribution in [0.4, 0.5) is 0 Å². The number of aromatic nitrogens is 2. The Morgan fingerprint density at radius 3 is 2.15 bits per heavy atom. The van der Waals surface area contributed by atoms with Crippen molar-refractivity contribution in [3.63, 3.8) is 0 Å². The molecular formula is C15H19Cl2N5O3S. The molecule has 0 bridgehead atoms. The van der Waals surface area contributed by atoms with Crippen molar-refractivity contribution in [2.45, 2.75) is 24.8 Å². The van der Waals surface area contributed by atoms with Crippen LogP contribution in [0, 0.1) is 0 Å². The molecule has 0 amide bonds. The zero-order chi connectivity index (χ0) is 19.8. The summed E-state index contributed by atoms with van der Waals surface area (Å²) in [5.74, 6) is -0.306. The van der Waals surface area contributed by atoms with Gasteiger partial charge in [-0.25, -0.2) is 4.98 Å². The lowest BCUT2D eigenvalue weighted by molar-refractivity contribution is 0.475. The van der Waals surface area contributed by atoms with Gasteiger partial charge in [0, 0.05) is 29.2 Å². The Morgan fingerprint density at radius 2 is 1.69 bits per heavy atom. The van der Waals surface area contributed by atoms with Crippen LogP contribution in [0.15, 0.2) is 29.0 Å². The fourth-order valence-corrected chi connectivity index (χ4v) is 4.18. The molecule has 0 aliphatic carbocycles. The molecule has 0 unspecified atom stereocenters. The van der Waals surface area contributed by atoms with E-state index < -0.39 is 10.1 Å². The van der Waals surface area contributed by atoms with E-state index >= 15 is 0 Å². The summed E-state index contributed by atoms with van der Waals surface area (Å²) in [7, 11) is -2.79. The lowest BCUT2D eigenvalue weighted by atomic mass is 10.1. The van der Waals surface area contributed by atoms with Gasteiger partial charge in [-0.3, -0.25) is 0 Å². The van der Waals surface area contributed by atoms with Crippen LogP contribution in [0.1, 0.15) is 31.3 Å². The van der Waals surface area contributed by atoms with Gasteiger partial charge in [0.1, 0.15) is 17.3 Å². The zero-order valence-corrected chi connectivity index (χ0v) is 16.7. The van der Waals surface area contributed by atoms with Crippen LogP contribution in [0.3, 0.4) is 0 Å². The molecule has 2 rings (SSSR count). The standard InChI is InChI=1S/C15H19Cl2N5O3S/c1-7(2)12-15(22(3)14(21-12)11(18)13(19)20)26(23,24)25-10-5-8(16)4-9(17)6-10/h4-7H,18-20H2,1-3H3. The molecule has 0 aliphatic rings. The molecule has 1 aromatic carbocycles. The first-order chi connectivity index (χ1) is 11.9. The Kier molecular flexibility index (Phi) is 5.64. The van der Waals surface area contributed by atoms with E-state index in [1.54, 1.807) is 13.8 Å². The van der Waals surface area contributed by atoms with Crippen molar-refractivity contribution in [3.05, 3.63) is 45.6 Å². The third kappa shape index (κ3) is 4.00. The predicted molar refractivity (Wildman–Crippen MR) is 101 cm³/mol. The smallest absolute Gasteiger partial charge is 0.357 e. The van der Waals surface area contributed by atoms with E-state index in [-0.39, 0.29) is 49.8 Å². The van der Waals surface area contributed by atoms with Gasteiger partial charge in [0.2, 0.25) is 0 Å². The minimum atomic E-state index is -4.27. The maximum absolute atomic E-state index is 12.9. The molecule has 26 heavy (non-hydrogen) atoms. The second-order valence-corrected chi connectivity index (χ2v) is 8.19. The Hall–Kier alpha value is -2.10. The molecule has 1 aromatic heterocycles. The number of benzene rings is 1. The summed E-state index contributed by atoms with van der Waals surface area (Å²) in [6.45, 7) is 3.57. The van der Waals surface area contributed by atoms with E-state index in [0.29, 0.717) is 0 Å². The molecule has 142 valence electrons. The fourth-order valence-electron chi connectivity index (χ4n) is 2.29. The van der Waals surface area contributed by atoms with Crippen LogP contribution in [0.2, 0.25) is 10.0 Å². The summed E-state index contributed by atoms with van der Waals surface area (Å²) in [6, 6.07) is 4.13. The Morgan fingerprint density at radius 1 is 1.15 bits per heavy atom. The highest BCUT2D eigenvalue weighted by molar-refractivity contribution is 7.87. The summed E-state index contributed by atoms with van der Waals surface area (Å²) in [5.41, 5.74) is 17.1. The molecule has 0 radical (unpaired) electrons. The summed E-state index contributed by atoms with van der Waals surface area (Å²) in [5, 5.41) is 0.309. The second kappa shape index (κ2) is 7.26. The monoisotopic (exact) mass is 419 g/mol. The van der Waals surface area contributed by atoms with E-state index in [1.807, 2.05) is 0 Å². The third-order valence-corrected chi connectivity index (χ3v) is 5.25. The minimum Gasteiger partial charge on any atom is -0.393 e. The molecule has 1 heterocycles. The number of nitrogens with zero attached hydrogens (tertiary/aromatic N) is 2. The molecule has 8 nitrogen and oxygen atoms in total. The average Bonchev–Trinajstić information content (AvgIpc) is 2.83. The second-order valence-electron chi connectivity index (χ2n) is 5.85. The van der Waals surface area contributed by atoms with Gasteiger partial charge in [0.15, 0.2) is 10.9 Å². The van der Waals surface area contributed by atoms with Crippen LogP contribution in [0.25, 0.3) is 5.70 Å². The summed E-state index contributed by atoms with van der Waals surface area (Å²) in [4.78, 5) is 4.28. The van der Waals surface area contributed by atoms with E-state index in [9.17, 15) is 8.42 Å². The first-order valence-electron chi connectivity index (χ1n) is 7.42. The van der Waals surface area contributed by atoms with Gasteiger partial charge >= 0.3 is 10.1 Å². The van der Waals surface area contributed by atoms with Gasteiger partial charge in [-0.2, -0.15) is 8.42 Å². The SMILES string of the molecule is CC(C)c1nc(C(N)=C(N)N)n(C)c1S(=O)(=O)Oc1cc(Cl)cc(Cl)c1. The van der Waals surface area contributed by atoms with Gasteiger partial charge in [0.05, 0.1) is 5.69 Å². The molecule has 0 atom stereocenters. The molecule has 0 saturated heterocycles. The number of nitrogens with two attached hydrogens (primary N) is 3. The van der Waals surface area contributed by atoms with Crippen LogP contribution in [0.5, 0.6) is 5.75 Å². The Bertz CT molecular complexity index is 959. The number of halogens is 2. The quantitative estimate of drug-likeness (QED) is 0.630. The molecule has 0 aliphatic heterocycles. The molecule has 0 saturated carbocycles. The van der Waals surface area contributed by atoms with Crippen LogP contribution in [-0.2, 0) is 17.2 Å². The van der Waals surface area contributed by atoms with Crippen molar-refractivity contribution in [2.75, 3.05) is 0 Å². The number of hydrogen-bond acceptors (Lipinski definition) is 7. The van der Waals surface area contributed by atoms with E-state index in [1.165, 1.54) is 29.8 Å². The maximum atomic E-state index is 12.9. The lowest BCUT2D eigenvalue weighted by Gasteiger charge is -2.12. The zero-order valence-electron chi connectivity index (χ0n) is 14.3. The molecule has 6 N–H and O–H groups in total. The first kappa shape index (κ1) is 20.2. The fraction of sp³-hybridized carbons (Fsp3) is 0.267. The largest absolute Gasteiger partial charge is 0.393 e.